The lowest BCUT2D eigenvalue weighted by Gasteiger charge is -2.10. The number of aromatic nitrogens is 2. The molecule has 0 unspecified atom stereocenters. The van der Waals surface area contributed by atoms with Crippen LogP contribution < -0.4 is 0 Å². The Morgan fingerprint density at radius 2 is 2.19 bits per heavy atom. The molecule has 84 valence electrons. The van der Waals surface area contributed by atoms with Crippen LogP contribution in [-0.4, -0.2) is 9.55 Å². The maximum Gasteiger partial charge on any atom is 0.182 e. The Morgan fingerprint density at radius 3 is 2.88 bits per heavy atom. The normalized spacial score (nSPS) is 10.7. The van der Waals surface area contributed by atoms with Crippen LogP contribution in [0.2, 0.25) is 0 Å². The standard InChI is InChI=1S/C12H13FN2S/c1-3-10-7-14-12(16)15(10)11-6-9(13)5-4-8(11)2/h4-7H,3H2,1-2H3,(H,14,16). The molecule has 2 nitrogen and oxygen atoms in total. The fourth-order valence-electron chi connectivity index (χ4n) is 1.75. The van der Waals surface area contributed by atoms with Crippen molar-refractivity contribution in [1.82, 2.24) is 9.55 Å². The molecule has 0 atom stereocenters. The molecule has 0 saturated carbocycles. The Labute approximate surface area is 98.7 Å². The highest BCUT2D eigenvalue weighted by Crippen LogP contribution is 2.18. The van der Waals surface area contributed by atoms with E-state index in [4.69, 9.17) is 12.2 Å². The number of imidazole rings is 1. The topological polar surface area (TPSA) is 20.7 Å². The minimum atomic E-state index is -0.245. The lowest BCUT2D eigenvalue weighted by molar-refractivity contribution is 0.625. The molecule has 0 spiro atoms. The monoisotopic (exact) mass is 236 g/mol. The minimum Gasteiger partial charge on any atom is -0.337 e. The van der Waals surface area contributed by atoms with Gasteiger partial charge in [-0.05, 0) is 43.3 Å². The highest BCUT2D eigenvalue weighted by Gasteiger charge is 2.08. The zero-order chi connectivity index (χ0) is 11.7. The highest BCUT2D eigenvalue weighted by atomic mass is 32.1. The van der Waals surface area contributed by atoms with E-state index in [0.717, 1.165) is 23.4 Å². The van der Waals surface area contributed by atoms with Gasteiger partial charge in [-0.1, -0.05) is 13.0 Å². The van der Waals surface area contributed by atoms with Gasteiger partial charge in [0.05, 0.1) is 5.69 Å². The predicted molar refractivity (Wildman–Crippen MR) is 65.0 cm³/mol. The van der Waals surface area contributed by atoms with Crippen LogP contribution in [0.4, 0.5) is 4.39 Å². The average molecular weight is 236 g/mol. The van der Waals surface area contributed by atoms with Gasteiger partial charge in [0.15, 0.2) is 4.77 Å². The SMILES string of the molecule is CCc1c[nH]c(=S)n1-c1cc(F)ccc1C. The summed E-state index contributed by atoms with van der Waals surface area (Å²) in [6.45, 7) is 3.99. The Kier molecular flexibility index (Phi) is 2.92. The molecule has 1 aromatic carbocycles. The third kappa shape index (κ3) is 1.80. The van der Waals surface area contributed by atoms with Gasteiger partial charge in [-0.2, -0.15) is 0 Å². The van der Waals surface area contributed by atoms with E-state index >= 15 is 0 Å². The fraction of sp³-hybridized carbons (Fsp3) is 0.250. The number of halogens is 1. The van der Waals surface area contributed by atoms with Gasteiger partial charge in [0.1, 0.15) is 5.82 Å². The van der Waals surface area contributed by atoms with Crippen molar-refractivity contribution in [3.05, 3.63) is 46.2 Å². The van der Waals surface area contributed by atoms with Gasteiger partial charge < -0.3 is 4.98 Å². The van der Waals surface area contributed by atoms with Crippen molar-refractivity contribution in [2.75, 3.05) is 0 Å². The maximum absolute atomic E-state index is 13.2. The van der Waals surface area contributed by atoms with Crippen molar-refractivity contribution in [2.45, 2.75) is 20.3 Å². The summed E-state index contributed by atoms with van der Waals surface area (Å²) in [7, 11) is 0. The van der Waals surface area contributed by atoms with Crippen LogP contribution in [0.3, 0.4) is 0 Å². The van der Waals surface area contributed by atoms with Crippen LogP contribution in [0.1, 0.15) is 18.2 Å². The van der Waals surface area contributed by atoms with Crippen LogP contribution in [0.15, 0.2) is 24.4 Å². The lowest BCUT2D eigenvalue weighted by Crippen LogP contribution is -2.02. The van der Waals surface area contributed by atoms with Crippen molar-refractivity contribution in [3.8, 4) is 5.69 Å². The fourth-order valence-corrected chi connectivity index (χ4v) is 2.03. The Bertz CT molecular complexity index is 569. The summed E-state index contributed by atoms with van der Waals surface area (Å²) in [5.74, 6) is -0.245. The van der Waals surface area contributed by atoms with Crippen molar-refractivity contribution in [3.63, 3.8) is 0 Å². The molecule has 0 bridgehead atoms. The number of rotatable bonds is 2. The smallest absolute Gasteiger partial charge is 0.182 e. The zero-order valence-electron chi connectivity index (χ0n) is 9.25. The summed E-state index contributed by atoms with van der Waals surface area (Å²) in [4.78, 5) is 2.99. The second-order valence-corrected chi connectivity index (χ2v) is 4.09. The Balaban J connectivity index is 2.71. The zero-order valence-corrected chi connectivity index (χ0v) is 10.1. The number of hydrogen-bond acceptors (Lipinski definition) is 1. The molecule has 16 heavy (non-hydrogen) atoms. The number of hydrogen-bond donors (Lipinski definition) is 1. The summed E-state index contributed by atoms with van der Waals surface area (Å²) < 4.78 is 15.7. The van der Waals surface area contributed by atoms with E-state index in [1.807, 2.05) is 24.6 Å². The number of nitrogens with one attached hydrogen (secondary N) is 1. The first kappa shape index (κ1) is 11.1. The van der Waals surface area contributed by atoms with Crippen LogP contribution >= 0.6 is 12.2 Å². The van der Waals surface area contributed by atoms with Crippen molar-refractivity contribution >= 4 is 12.2 Å². The lowest BCUT2D eigenvalue weighted by atomic mass is 10.2. The van der Waals surface area contributed by atoms with Gasteiger partial charge in [-0.3, -0.25) is 4.57 Å². The summed E-state index contributed by atoms with van der Waals surface area (Å²) in [5.41, 5.74) is 2.87. The third-order valence-electron chi connectivity index (χ3n) is 2.63. The molecule has 0 aliphatic heterocycles. The molecular formula is C12H13FN2S. The number of H-pyrrole nitrogens is 1. The summed E-state index contributed by atoms with van der Waals surface area (Å²) in [5, 5.41) is 0. The van der Waals surface area contributed by atoms with Crippen molar-refractivity contribution in [2.24, 2.45) is 0 Å². The van der Waals surface area contributed by atoms with E-state index in [1.165, 1.54) is 12.1 Å². The maximum atomic E-state index is 13.2. The molecule has 2 rings (SSSR count). The third-order valence-corrected chi connectivity index (χ3v) is 2.93. The van der Waals surface area contributed by atoms with Gasteiger partial charge in [0.25, 0.3) is 0 Å². The van der Waals surface area contributed by atoms with Crippen molar-refractivity contribution < 1.29 is 4.39 Å². The summed E-state index contributed by atoms with van der Waals surface area (Å²) >= 11 is 5.21. The van der Waals surface area contributed by atoms with E-state index in [1.54, 1.807) is 6.07 Å². The summed E-state index contributed by atoms with van der Waals surface area (Å²) in [6, 6.07) is 4.73. The van der Waals surface area contributed by atoms with Gasteiger partial charge >= 0.3 is 0 Å². The van der Waals surface area contributed by atoms with Crippen LogP contribution in [0.25, 0.3) is 5.69 Å². The second kappa shape index (κ2) is 4.22. The molecule has 4 heteroatoms. The number of benzene rings is 1. The predicted octanol–water partition coefficient (Wildman–Crippen LogP) is 3.54. The molecule has 1 aromatic heterocycles. The van der Waals surface area contributed by atoms with Crippen molar-refractivity contribution in [1.29, 1.82) is 0 Å². The molecule has 0 fully saturated rings. The second-order valence-electron chi connectivity index (χ2n) is 3.70. The first-order chi connectivity index (χ1) is 7.63. The van der Waals surface area contributed by atoms with E-state index in [-0.39, 0.29) is 5.82 Å². The molecule has 0 radical (unpaired) electrons. The molecule has 2 aromatic rings. The largest absolute Gasteiger partial charge is 0.337 e. The summed E-state index contributed by atoms with van der Waals surface area (Å²) in [6.07, 6.45) is 2.72. The van der Waals surface area contributed by atoms with Gasteiger partial charge in [-0.25, -0.2) is 4.39 Å². The molecule has 1 heterocycles. The van der Waals surface area contributed by atoms with Crippen LogP contribution in [0.5, 0.6) is 0 Å². The van der Waals surface area contributed by atoms with Gasteiger partial charge in [0.2, 0.25) is 0 Å². The number of aromatic amines is 1. The van der Waals surface area contributed by atoms with E-state index in [9.17, 15) is 4.39 Å². The van der Waals surface area contributed by atoms with Crippen LogP contribution in [-0.2, 0) is 6.42 Å². The highest BCUT2D eigenvalue weighted by molar-refractivity contribution is 7.71. The first-order valence-electron chi connectivity index (χ1n) is 5.19. The van der Waals surface area contributed by atoms with Crippen LogP contribution in [0, 0.1) is 17.5 Å². The van der Waals surface area contributed by atoms with Gasteiger partial charge in [0, 0.05) is 11.9 Å². The Morgan fingerprint density at radius 1 is 1.44 bits per heavy atom. The van der Waals surface area contributed by atoms with E-state index in [0.29, 0.717) is 4.77 Å². The quantitative estimate of drug-likeness (QED) is 0.791. The minimum absolute atomic E-state index is 0.245. The van der Waals surface area contributed by atoms with E-state index < -0.39 is 0 Å². The number of aryl methyl sites for hydroxylation is 2. The molecule has 0 saturated heterocycles. The molecule has 1 N–H and O–H groups in total. The molecule has 0 aliphatic carbocycles. The number of nitrogens with zero attached hydrogens (tertiary/aromatic N) is 1. The average Bonchev–Trinajstić information content (AvgIpc) is 2.63. The molecule has 0 amide bonds. The molecular weight excluding hydrogens is 223 g/mol. The van der Waals surface area contributed by atoms with E-state index in [2.05, 4.69) is 4.98 Å². The Hall–Kier alpha value is -1.42. The first-order valence-corrected chi connectivity index (χ1v) is 5.60. The van der Waals surface area contributed by atoms with Gasteiger partial charge in [-0.15, -0.1) is 0 Å². The molecule has 0 aliphatic rings.